The molecule has 47 heavy (non-hydrogen) atoms. The lowest BCUT2D eigenvalue weighted by molar-refractivity contribution is 0.589. The molecule has 2 aromatic heterocycles. The summed E-state index contributed by atoms with van der Waals surface area (Å²) in [6, 6.07) is 29.9. The van der Waals surface area contributed by atoms with Gasteiger partial charge in [-0.25, -0.2) is 0 Å². The first-order chi connectivity index (χ1) is 21.8. The number of nitrogens with zero attached hydrogens (tertiary/aromatic N) is 2. The number of aromatic amines is 1. The van der Waals surface area contributed by atoms with Crippen LogP contribution >= 0.6 is 0 Å². The van der Waals surface area contributed by atoms with Crippen LogP contribution in [0.4, 0.5) is 0 Å². The van der Waals surface area contributed by atoms with Crippen molar-refractivity contribution >= 4 is 21.8 Å². The van der Waals surface area contributed by atoms with Crippen LogP contribution < -0.4 is 0 Å². The Balaban J connectivity index is 1.67. The summed E-state index contributed by atoms with van der Waals surface area (Å²) in [4.78, 5) is 3.86. The Morgan fingerprint density at radius 3 is 1.53 bits per heavy atom. The molecule has 0 fully saturated rings. The zero-order chi connectivity index (χ0) is 34.1. The molecule has 0 atom stereocenters. The maximum atomic E-state index is 4.48. The van der Waals surface area contributed by atoms with Gasteiger partial charge in [-0.15, -0.1) is 0 Å². The number of fused-ring (bicyclic) bond motifs is 3. The first kappa shape index (κ1) is 32.7. The highest BCUT2D eigenvalue weighted by Crippen LogP contribution is 2.42. The quantitative estimate of drug-likeness (QED) is 0.214. The van der Waals surface area contributed by atoms with E-state index in [-0.39, 0.29) is 21.7 Å². The van der Waals surface area contributed by atoms with Crippen LogP contribution in [0.1, 0.15) is 105 Å². The van der Waals surface area contributed by atoms with Gasteiger partial charge in [-0.05, 0) is 115 Å². The van der Waals surface area contributed by atoms with Gasteiger partial charge in [-0.2, -0.15) is 10.2 Å². The number of hydrogen-bond donors (Lipinski definition) is 1. The van der Waals surface area contributed by atoms with Crippen molar-refractivity contribution in [2.24, 2.45) is 0 Å². The van der Waals surface area contributed by atoms with Crippen LogP contribution in [-0.4, -0.2) is 15.2 Å². The van der Waals surface area contributed by atoms with Gasteiger partial charge in [0.2, 0.25) is 0 Å². The first-order valence-electron chi connectivity index (χ1n) is 17.0. The third-order valence-electron chi connectivity index (χ3n) is 9.55. The van der Waals surface area contributed by atoms with Crippen LogP contribution in [0, 0.1) is 0 Å². The van der Waals surface area contributed by atoms with E-state index in [4.69, 9.17) is 0 Å². The molecule has 3 nitrogen and oxygen atoms in total. The molecule has 6 rings (SSSR count). The Labute approximate surface area is 281 Å². The van der Waals surface area contributed by atoms with Crippen molar-refractivity contribution < 1.29 is 0 Å². The second kappa shape index (κ2) is 11.2. The lowest BCUT2D eigenvalue weighted by Crippen LogP contribution is -2.13. The zero-order valence-electron chi connectivity index (χ0n) is 30.5. The molecular weight excluding hydrogens is 571 g/mol. The van der Waals surface area contributed by atoms with E-state index in [1.54, 1.807) is 6.20 Å². The largest absolute Gasteiger partial charge is 0.354 e. The fourth-order valence-electron chi connectivity index (χ4n) is 6.34. The minimum absolute atomic E-state index is 0.00863. The molecule has 4 aromatic carbocycles. The Morgan fingerprint density at radius 1 is 0.468 bits per heavy atom. The monoisotopic (exact) mass is 621 g/mol. The van der Waals surface area contributed by atoms with Crippen molar-refractivity contribution in [2.45, 2.75) is 105 Å². The van der Waals surface area contributed by atoms with Gasteiger partial charge in [-0.3, -0.25) is 0 Å². The molecule has 0 aliphatic rings. The molecule has 0 radical (unpaired) electrons. The summed E-state index contributed by atoms with van der Waals surface area (Å²) in [7, 11) is 0. The van der Waals surface area contributed by atoms with Crippen LogP contribution in [0.2, 0.25) is 0 Å². The van der Waals surface area contributed by atoms with Gasteiger partial charge in [0.1, 0.15) is 0 Å². The van der Waals surface area contributed by atoms with Crippen LogP contribution in [0.5, 0.6) is 0 Å². The van der Waals surface area contributed by atoms with Crippen molar-refractivity contribution in [1.82, 2.24) is 15.2 Å². The highest BCUT2D eigenvalue weighted by atomic mass is 15.1. The lowest BCUT2D eigenvalue weighted by atomic mass is 9.80. The van der Waals surface area contributed by atoms with E-state index in [0.717, 1.165) is 11.3 Å². The number of benzene rings is 4. The lowest BCUT2D eigenvalue weighted by Gasteiger charge is -2.25. The molecule has 0 aliphatic carbocycles. The molecular formula is C44H51N3. The van der Waals surface area contributed by atoms with Crippen LogP contribution in [0.25, 0.3) is 55.3 Å². The highest BCUT2D eigenvalue weighted by molar-refractivity contribution is 6.12. The van der Waals surface area contributed by atoms with Gasteiger partial charge in [-0.1, -0.05) is 107 Å². The molecule has 0 spiro atoms. The summed E-state index contributed by atoms with van der Waals surface area (Å²) >= 11 is 0. The molecule has 0 amide bonds. The van der Waals surface area contributed by atoms with E-state index < -0.39 is 0 Å². The summed E-state index contributed by atoms with van der Waals surface area (Å²) in [5.74, 6) is 0. The molecule has 0 unspecified atom stereocenters. The second-order valence-electron chi connectivity index (χ2n) is 17.5. The van der Waals surface area contributed by atoms with Crippen molar-refractivity contribution in [3.8, 4) is 33.5 Å². The summed E-state index contributed by atoms with van der Waals surface area (Å²) in [5.41, 5.74) is 14.5. The number of nitrogens with one attached hydrogen (secondary N) is 1. The second-order valence-corrected chi connectivity index (χ2v) is 17.5. The average molecular weight is 622 g/mol. The Hall–Kier alpha value is -4.24. The Bertz CT molecular complexity index is 2100. The smallest absolute Gasteiger partial charge is 0.0929 e. The van der Waals surface area contributed by atoms with Gasteiger partial charge >= 0.3 is 0 Å². The molecule has 1 N–H and O–H groups in total. The standard InChI is InChI=1S/C44H51N3/c1-41(2,3)31-15-16-39-36(24-31)37-26-34(44(10,11)12)25-35(40(37)46-39)29-18-27(20-32(22-29)42(4,5)6)28-19-30(38-14-13-17-45-47-38)23-33(21-28)43(7,8)9/h13-26,46H,1-12H3. The molecule has 0 aliphatic heterocycles. The fourth-order valence-corrected chi connectivity index (χ4v) is 6.34. The van der Waals surface area contributed by atoms with E-state index in [9.17, 15) is 0 Å². The van der Waals surface area contributed by atoms with Gasteiger partial charge in [0.25, 0.3) is 0 Å². The average Bonchev–Trinajstić information content (AvgIpc) is 3.37. The molecule has 242 valence electrons. The molecule has 2 heterocycles. The minimum Gasteiger partial charge on any atom is -0.354 e. The van der Waals surface area contributed by atoms with E-state index in [0.29, 0.717) is 0 Å². The Morgan fingerprint density at radius 2 is 0.979 bits per heavy atom. The van der Waals surface area contributed by atoms with E-state index >= 15 is 0 Å². The van der Waals surface area contributed by atoms with E-state index in [2.05, 4.69) is 165 Å². The normalized spacial score (nSPS) is 13.1. The van der Waals surface area contributed by atoms with Crippen molar-refractivity contribution in [3.63, 3.8) is 0 Å². The van der Waals surface area contributed by atoms with Crippen molar-refractivity contribution in [2.75, 3.05) is 0 Å². The summed E-state index contributed by atoms with van der Waals surface area (Å²) in [6.07, 6.45) is 1.73. The topological polar surface area (TPSA) is 41.6 Å². The van der Waals surface area contributed by atoms with Crippen LogP contribution in [0.3, 0.4) is 0 Å². The summed E-state index contributed by atoms with van der Waals surface area (Å²) < 4.78 is 0. The van der Waals surface area contributed by atoms with Crippen molar-refractivity contribution in [1.29, 1.82) is 0 Å². The SMILES string of the molecule is CC(C)(C)c1cc(-c2cc(-c3cc(C(C)(C)C)cc4c3[nH]c3ccc(C(C)(C)C)cc34)cc(C(C)(C)C)c2)cc(-c2cccnn2)c1. The fraction of sp³-hybridized carbons (Fsp3) is 0.364. The minimum atomic E-state index is -0.0387. The van der Waals surface area contributed by atoms with E-state index in [1.165, 1.54) is 66.3 Å². The molecule has 0 bridgehead atoms. The van der Waals surface area contributed by atoms with Gasteiger partial charge in [0, 0.05) is 33.6 Å². The maximum Gasteiger partial charge on any atom is 0.0929 e. The molecule has 3 heteroatoms. The number of H-pyrrole nitrogens is 1. The highest BCUT2D eigenvalue weighted by Gasteiger charge is 2.24. The van der Waals surface area contributed by atoms with Gasteiger partial charge in [0.05, 0.1) is 11.2 Å². The predicted octanol–water partition coefficient (Wildman–Crippen LogP) is 12.3. The van der Waals surface area contributed by atoms with Gasteiger partial charge < -0.3 is 4.98 Å². The van der Waals surface area contributed by atoms with Crippen LogP contribution in [-0.2, 0) is 21.7 Å². The number of aromatic nitrogens is 3. The maximum absolute atomic E-state index is 4.48. The zero-order valence-corrected chi connectivity index (χ0v) is 30.5. The molecule has 0 saturated carbocycles. The Kier molecular flexibility index (Phi) is 7.78. The number of hydrogen-bond acceptors (Lipinski definition) is 2. The van der Waals surface area contributed by atoms with Crippen molar-refractivity contribution in [3.05, 3.63) is 107 Å². The summed E-state index contributed by atoms with van der Waals surface area (Å²) in [5, 5.41) is 11.3. The third-order valence-corrected chi connectivity index (χ3v) is 9.55. The molecule has 0 saturated heterocycles. The first-order valence-corrected chi connectivity index (χ1v) is 17.0. The number of rotatable bonds is 3. The third kappa shape index (κ3) is 6.50. The predicted molar refractivity (Wildman–Crippen MR) is 203 cm³/mol. The summed E-state index contributed by atoms with van der Waals surface area (Å²) in [6.45, 7) is 27.6. The molecule has 6 aromatic rings. The van der Waals surface area contributed by atoms with Gasteiger partial charge in [0.15, 0.2) is 0 Å². The van der Waals surface area contributed by atoms with E-state index in [1.807, 2.05) is 12.1 Å². The van der Waals surface area contributed by atoms with Crippen LogP contribution in [0.15, 0.2) is 85.1 Å².